The lowest BCUT2D eigenvalue weighted by Gasteiger charge is -2.34. The second kappa shape index (κ2) is 4.72. The van der Waals surface area contributed by atoms with Gasteiger partial charge in [0.05, 0.1) is 12.1 Å². The van der Waals surface area contributed by atoms with E-state index in [0.29, 0.717) is 12.3 Å². The van der Waals surface area contributed by atoms with Gasteiger partial charge in [0.2, 0.25) is 5.91 Å². The van der Waals surface area contributed by atoms with Gasteiger partial charge in [-0.3, -0.25) is 4.79 Å². The fraction of sp³-hybridized carbons (Fsp3) is 0.364. The first-order valence-corrected chi connectivity index (χ1v) is 4.85. The molecule has 88 valence electrons. The number of rotatable bonds is 1. The third kappa shape index (κ3) is 2.46. The number of anilines is 1. The average molecular weight is 243 g/mol. The van der Waals surface area contributed by atoms with Crippen LogP contribution in [0.5, 0.6) is 0 Å². The molecule has 1 saturated heterocycles. The standard InChI is InChI=1S/C11H14N2O2.ClH/c1-11(7-15-6-10(14)13-11)8-3-2-4-9(12)5-8;/h2-5H,6-7,12H2,1H3,(H,13,14);1H/t11-;/m0./s1. The quantitative estimate of drug-likeness (QED) is 0.724. The van der Waals surface area contributed by atoms with E-state index < -0.39 is 5.54 Å². The summed E-state index contributed by atoms with van der Waals surface area (Å²) in [6.45, 7) is 2.54. The topological polar surface area (TPSA) is 64.3 Å². The first-order chi connectivity index (χ1) is 7.10. The number of nitrogens with two attached hydrogens (primary N) is 1. The Morgan fingerprint density at radius 2 is 2.25 bits per heavy atom. The number of nitrogen functional groups attached to an aromatic ring is 1. The molecule has 1 aromatic rings. The molecule has 1 heterocycles. The third-order valence-electron chi connectivity index (χ3n) is 2.56. The Morgan fingerprint density at radius 1 is 1.50 bits per heavy atom. The van der Waals surface area contributed by atoms with Gasteiger partial charge in [0, 0.05) is 5.69 Å². The molecule has 1 amide bonds. The molecular formula is C11H15ClN2O2. The number of hydrogen-bond donors (Lipinski definition) is 2. The molecule has 16 heavy (non-hydrogen) atoms. The van der Waals surface area contributed by atoms with Crippen molar-refractivity contribution in [3.8, 4) is 0 Å². The normalized spacial score (nSPS) is 24.4. The molecule has 0 saturated carbocycles. The first kappa shape index (κ1) is 12.8. The van der Waals surface area contributed by atoms with Crippen LogP contribution in [0, 0.1) is 0 Å². The molecule has 0 aromatic heterocycles. The van der Waals surface area contributed by atoms with Crippen LogP contribution in [0.15, 0.2) is 24.3 Å². The molecule has 0 aliphatic carbocycles. The Morgan fingerprint density at radius 3 is 2.88 bits per heavy atom. The number of hydrogen-bond acceptors (Lipinski definition) is 3. The van der Waals surface area contributed by atoms with Crippen LogP contribution in [-0.4, -0.2) is 19.1 Å². The fourth-order valence-corrected chi connectivity index (χ4v) is 1.77. The highest BCUT2D eigenvalue weighted by molar-refractivity contribution is 5.85. The van der Waals surface area contributed by atoms with Crippen LogP contribution in [0.25, 0.3) is 0 Å². The summed E-state index contributed by atoms with van der Waals surface area (Å²) in [5.41, 5.74) is 6.89. The van der Waals surface area contributed by atoms with E-state index in [0.717, 1.165) is 5.56 Å². The number of carbonyl (C=O) groups excluding carboxylic acids is 1. The lowest BCUT2D eigenvalue weighted by atomic mass is 9.91. The molecule has 1 aliphatic rings. The largest absolute Gasteiger partial charge is 0.399 e. The number of nitrogens with one attached hydrogen (secondary N) is 1. The van der Waals surface area contributed by atoms with Gasteiger partial charge in [-0.1, -0.05) is 12.1 Å². The predicted molar refractivity (Wildman–Crippen MR) is 64.4 cm³/mol. The lowest BCUT2D eigenvalue weighted by molar-refractivity contribution is -0.135. The minimum atomic E-state index is -0.468. The number of halogens is 1. The van der Waals surface area contributed by atoms with Gasteiger partial charge < -0.3 is 15.8 Å². The molecule has 0 radical (unpaired) electrons. The molecule has 2 rings (SSSR count). The number of carbonyl (C=O) groups is 1. The van der Waals surface area contributed by atoms with E-state index in [2.05, 4.69) is 5.32 Å². The van der Waals surface area contributed by atoms with Crippen LogP contribution in [0.4, 0.5) is 5.69 Å². The van der Waals surface area contributed by atoms with Crippen molar-refractivity contribution < 1.29 is 9.53 Å². The summed E-state index contributed by atoms with van der Waals surface area (Å²) in [6.07, 6.45) is 0. The summed E-state index contributed by atoms with van der Waals surface area (Å²) in [6, 6.07) is 7.48. The van der Waals surface area contributed by atoms with E-state index in [1.54, 1.807) is 0 Å². The van der Waals surface area contributed by atoms with Crippen LogP contribution in [0.1, 0.15) is 12.5 Å². The van der Waals surface area contributed by atoms with Crippen LogP contribution in [0.2, 0.25) is 0 Å². The number of amides is 1. The van der Waals surface area contributed by atoms with Gasteiger partial charge in [-0.2, -0.15) is 0 Å². The monoisotopic (exact) mass is 242 g/mol. The van der Waals surface area contributed by atoms with Crippen molar-refractivity contribution in [2.75, 3.05) is 18.9 Å². The molecule has 0 unspecified atom stereocenters. The molecule has 1 atom stereocenters. The van der Waals surface area contributed by atoms with Gasteiger partial charge in [-0.15, -0.1) is 12.4 Å². The van der Waals surface area contributed by atoms with Gasteiger partial charge in [0.1, 0.15) is 6.61 Å². The van der Waals surface area contributed by atoms with Gasteiger partial charge in [-0.05, 0) is 24.6 Å². The van der Waals surface area contributed by atoms with Crippen LogP contribution >= 0.6 is 12.4 Å². The summed E-state index contributed by atoms with van der Waals surface area (Å²) >= 11 is 0. The zero-order valence-corrected chi connectivity index (χ0v) is 9.84. The summed E-state index contributed by atoms with van der Waals surface area (Å²) in [4.78, 5) is 11.3. The number of ether oxygens (including phenoxy) is 1. The van der Waals surface area contributed by atoms with E-state index in [9.17, 15) is 4.79 Å². The summed E-state index contributed by atoms with van der Waals surface area (Å²) in [5.74, 6) is -0.0915. The summed E-state index contributed by atoms with van der Waals surface area (Å²) in [5, 5.41) is 2.92. The van der Waals surface area contributed by atoms with E-state index >= 15 is 0 Å². The first-order valence-electron chi connectivity index (χ1n) is 4.85. The minimum Gasteiger partial charge on any atom is -0.399 e. The van der Waals surface area contributed by atoms with Crippen molar-refractivity contribution in [3.63, 3.8) is 0 Å². The smallest absolute Gasteiger partial charge is 0.246 e. The molecule has 0 bridgehead atoms. The lowest BCUT2D eigenvalue weighted by Crippen LogP contribution is -2.52. The highest BCUT2D eigenvalue weighted by Gasteiger charge is 2.32. The van der Waals surface area contributed by atoms with Gasteiger partial charge in [0.15, 0.2) is 0 Å². The Hall–Kier alpha value is -1.26. The SMILES string of the molecule is C[C@@]1(c2cccc(N)c2)COCC(=O)N1.Cl. The number of benzene rings is 1. The number of morpholine rings is 1. The highest BCUT2D eigenvalue weighted by atomic mass is 35.5. The van der Waals surface area contributed by atoms with Crippen molar-refractivity contribution in [2.24, 2.45) is 0 Å². The maximum atomic E-state index is 11.3. The van der Waals surface area contributed by atoms with Crippen LogP contribution in [0.3, 0.4) is 0 Å². The Kier molecular flexibility index (Phi) is 3.78. The molecule has 5 heteroatoms. The molecule has 1 aromatic carbocycles. The maximum Gasteiger partial charge on any atom is 0.246 e. The Balaban J connectivity index is 0.00000128. The van der Waals surface area contributed by atoms with Gasteiger partial charge in [0.25, 0.3) is 0 Å². The van der Waals surface area contributed by atoms with Gasteiger partial charge in [-0.25, -0.2) is 0 Å². The summed E-state index contributed by atoms with van der Waals surface area (Å²) < 4.78 is 5.24. The maximum absolute atomic E-state index is 11.3. The Bertz CT molecular complexity index is 397. The molecule has 3 N–H and O–H groups in total. The van der Waals surface area contributed by atoms with Crippen molar-refractivity contribution >= 4 is 24.0 Å². The van der Waals surface area contributed by atoms with Crippen molar-refractivity contribution in [1.29, 1.82) is 0 Å². The zero-order valence-electron chi connectivity index (χ0n) is 9.03. The second-order valence-electron chi connectivity index (χ2n) is 4.00. The predicted octanol–water partition coefficient (Wildman–Crippen LogP) is 1.05. The molecule has 1 aliphatic heterocycles. The van der Waals surface area contributed by atoms with Crippen LogP contribution in [-0.2, 0) is 15.1 Å². The van der Waals surface area contributed by atoms with E-state index in [1.165, 1.54) is 0 Å². The summed E-state index contributed by atoms with van der Waals surface area (Å²) in [7, 11) is 0. The van der Waals surface area contributed by atoms with Crippen molar-refractivity contribution in [3.05, 3.63) is 29.8 Å². The van der Waals surface area contributed by atoms with E-state index in [1.807, 2.05) is 31.2 Å². The molecule has 1 fully saturated rings. The average Bonchev–Trinajstić information content (AvgIpc) is 2.17. The van der Waals surface area contributed by atoms with Crippen LogP contribution < -0.4 is 11.1 Å². The molecule has 4 nitrogen and oxygen atoms in total. The zero-order chi connectivity index (χ0) is 10.9. The molecule has 0 spiro atoms. The van der Waals surface area contributed by atoms with Crippen molar-refractivity contribution in [1.82, 2.24) is 5.32 Å². The minimum absolute atomic E-state index is 0. The van der Waals surface area contributed by atoms with E-state index in [4.69, 9.17) is 10.5 Å². The molecular weight excluding hydrogens is 228 g/mol. The fourth-order valence-electron chi connectivity index (χ4n) is 1.77. The highest BCUT2D eigenvalue weighted by Crippen LogP contribution is 2.24. The second-order valence-corrected chi connectivity index (χ2v) is 4.00. The van der Waals surface area contributed by atoms with Gasteiger partial charge >= 0.3 is 0 Å². The van der Waals surface area contributed by atoms with Crippen molar-refractivity contribution in [2.45, 2.75) is 12.5 Å². The Labute approximate surface area is 101 Å². The van der Waals surface area contributed by atoms with E-state index in [-0.39, 0.29) is 24.9 Å². The third-order valence-corrected chi connectivity index (χ3v) is 2.56.